The minimum Gasteiger partial charge on any atom is -0.292 e. The van der Waals surface area contributed by atoms with Crippen molar-refractivity contribution in [2.45, 2.75) is 6.42 Å². The zero-order valence-corrected chi connectivity index (χ0v) is 4.49. The van der Waals surface area contributed by atoms with Gasteiger partial charge >= 0.3 is 0 Å². The molecule has 0 aliphatic carbocycles. The Kier molecular flexibility index (Phi) is 1.10. The van der Waals surface area contributed by atoms with E-state index in [4.69, 9.17) is 5.41 Å². The largest absolute Gasteiger partial charge is 0.292 e. The lowest BCUT2D eigenvalue weighted by atomic mass is 10.5. The molecule has 0 aromatic carbocycles. The molecule has 7 heavy (non-hydrogen) atoms. The van der Waals surface area contributed by atoms with E-state index in [0.717, 1.165) is 16.1 Å². The average Bonchev–Trinajstić information content (AvgIpc) is 1.87. The van der Waals surface area contributed by atoms with E-state index in [1.807, 2.05) is 0 Å². The molecule has 1 fully saturated rings. The van der Waals surface area contributed by atoms with Crippen molar-refractivity contribution in [1.82, 2.24) is 0 Å². The monoisotopic (exact) mass is 117 g/mol. The first-order chi connectivity index (χ1) is 3.29. The van der Waals surface area contributed by atoms with Crippen molar-refractivity contribution >= 4 is 17.0 Å². The van der Waals surface area contributed by atoms with E-state index >= 15 is 0 Å². The van der Waals surface area contributed by atoms with Crippen molar-refractivity contribution in [2.24, 2.45) is 0 Å². The molecule has 0 atom stereocenters. The zero-order chi connectivity index (χ0) is 5.28. The molecule has 1 aliphatic rings. The van der Waals surface area contributed by atoms with Crippen LogP contribution < -0.4 is 0 Å². The third-order valence-electron chi connectivity index (χ3n) is 0.733. The summed E-state index contributed by atoms with van der Waals surface area (Å²) in [5, 5.41) is 7.38. The summed E-state index contributed by atoms with van der Waals surface area (Å²) >= 11 is 0.981. The number of hydrogen-bond donors (Lipinski definition) is 1. The van der Waals surface area contributed by atoms with Gasteiger partial charge in [-0.15, -0.1) is 0 Å². The van der Waals surface area contributed by atoms with Crippen LogP contribution in [0.3, 0.4) is 0 Å². The Morgan fingerprint density at radius 3 is 2.71 bits per heavy atom. The highest BCUT2D eigenvalue weighted by Crippen LogP contribution is 2.14. The SMILES string of the molecule is N=C1CC[N+](=O)S1. The summed E-state index contributed by atoms with van der Waals surface area (Å²) in [6.07, 6.45) is 0.633. The third kappa shape index (κ3) is 0.991. The lowest BCUT2D eigenvalue weighted by molar-refractivity contribution is -0.361. The highest BCUT2D eigenvalue weighted by atomic mass is 32.2. The van der Waals surface area contributed by atoms with E-state index in [1.165, 1.54) is 0 Å². The van der Waals surface area contributed by atoms with Gasteiger partial charge in [-0.25, -0.2) is 0 Å². The summed E-state index contributed by atoms with van der Waals surface area (Å²) in [6.45, 7) is 0.490. The molecule has 0 aromatic rings. The number of nitrogens with zero attached hydrogens (tertiary/aromatic N) is 1. The molecule has 0 spiro atoms. The summed E-state index contributed by atoms with van der Waals surface area (Å²) in [5.74, 6) is 0. The molecule has 0 bridgehead atoms. The van der Waals surface area contributed by atoms with Crippen molar-refractivity contribution in [3.8, 4) is 0 Å². The van der Waals surface area contributed by atoms with Crippen molar-refractivity contribution in [3.05, 3.63) is 4.91 Å². The minimum absolute atomic E-state index is 0.481. The third-order valence-corrected chi connectivity index (χ3v) is 1.54. The van der Waals surface area contributed by atoms with E-state index in [0.29, 0.717) is 18.0 Å². The molecule has 1 aliphatic heterocycles. The first kappa shape index (κ1) is 4.77. The Morgan fingerprint density at radius 1 is 1.86 bits per heavy atom. The molecular weight excluding hydrogens is 112 g/mol. The molecular formula is C3H5N2OS+. The molecule has 1 heterocycles. The summed E-state index contributed by atoms with van der Waals surface area (Å²) in [7, 11) is 0. The van der Waals surface area contributed by atoms with E-state index < -0.39 is 0 Å². The van der Waals surface area contributed by atoms with Gasteiger partial charge in [0.15, 0.2) is 0 Å². The van der Waals surface area contributed by atoms with Gasteiger partial charge in [0.2, 0.25) is 6.54 Å². The van der Waals surface area contributed by atoms with E-state index in [9.17, 15) is 4.91 Å². The lowest BCUT2D eigenvalue weighted by Gasteiger charge is -1.64. The van der Waals surface area contributed by atoms with Crippen molar-refractivity contribution in [2.75, 3.05) is 6.54 Å². The van der Waals surface area contributed by atoms with Crippen LogP contribution in [0.2, 0.25) is 0 Å². The van der Waals surface area contributed by atoms with Crippen LogP contribution >= 0.6 is 11.9 Å². The molecule has 0 saturated carbocycles. The first-order valence-electron chi connectivity index (χ1n) is 1.99. The van der Waals surface area contributed by atoms with Crippen molar-refractivity contribution in [3.63, 3.8) is 0 Å². The molecule has 0 unspecified atom stereocenters. The van der Waals surface area contributed by atoms with Crippen molar-refractivity contribution < 1.29 is 4.17 Å². The molecule has 0 radical (unpaired) electrons. The van der Waals surface area contributed by atoms with Gasteiger partial charge in [0, 0.05) is 4.91 Å². The van der Waals surface area contributed by atoms with Gasteiger partial charge in [-0.05, 0) is 0 Å². The van der Waals surface area contributed by atoms with Gasteiger partial charge in [-0.1, -0.05) is 0 Å². The van der Waals surface area contributed by atoms with E-state index in [2.05, 4.69) is 0 Å². The highest BCUT2D eigenvalue weighted by Gasteiger charge is 2.25. The minimum atomic E-state index is 0.481. The second-order valence-corrected chi connectivity index (χ2v) is 2.40. The molecule has 1 rings (SSSR count). The fourth-order valence-corrected chi connectivity index (χ4v) is 1.02. The number of rotatable bonds is 0. The van der Waals surface area contributed by atoms with Gasteiger partial charge in [-0.3, -0.25) is 5.41 Å². The predicted molar refractivity (Wildman–Crippen MR) is 28.4 cm³/mol. The van der Waals surface area contributed by atoms with Crippen LogP contribution in [0.25, 0.3) is 0 Å². The summed E-state index contributed by atoms with van der Waals surface area (Å²) < 4.78 is 0.822. The van der Waals surface area contributed by atoms with Crippen LogP contribution in [0.5, 0.6) is 0 Å². The standard InChI is InChI=1S/C3H5N2OS/c4-3-1-2-5(6)7-3/h4H,1-2H2/q+1. The van der Waals surface area contributed by atoms with Gasteiger partial charge < -0.3 is 0 Å². The normalized spacial score (nSPS) is 21.1. The maximum atomic E-state index is 10.2. The van der Waals surface area contributed by atoms with Crippen LogP contribution in [-0.4, -0.2) is 15.8 Å². The van der Waals surface area contributed by atoms with Crippen LogP contribution in [-0.2, 0) is 0 Å². The molecule has 1 N–H and O–H groups in total. The summed E-state index contributed by atoms with van der Waals surface area (Å²) in [6, 6.07) is 0. The molecule has 3 nitrogen and oxygen atoms in total. The maximum Gasteiger partial charge on any atom is 0.265 e. The molecule has 0 aromatic heterocycles. The highest BCUT2D eigenvalue weighted by molar-refractivity contribution is 8.08. The summed E-state index contributed by atoms with van der Waals surface area (Å²) in [4.78, 5) is 10.2. The smallest absolute Gasteiger partial charge is 0.265 e. The fraction of sp³-hybridized carbons (Fsp3) is 0.667. The van der Waals surface area contributed by atoms with Gasteiger partial charge in [0.05, 0.1) is 10.6 Å². The average molecular weight is 117 g/mol. The Morgan fingerprint density at radius 2 is 2.57 bits per heavy atom. The lowest BCUT2D eigenvalue weighted by Crippen LogP contribution is -1.86. The topological polar surface area (TPSA) is 43.9 Å². The second-order valence-electron chi connectivity index (χ2n) is 1.32. The van der Waals surface area contributed by atoms with Gasteiger partial charge in [-0.2, -0.15) is 0 Å². The van der Waals surface area contributed by atoms with Gasteiger partial charge in [0.1, 0.15) is 5.04 Å². The van der Waals surface area contributed by atoms with Crippen LogP contribution in [0, 0.1) is 10.3 Å². The summed E-state index contributed by atoms with van der Waals surface area (Å²) in [5.41, 5.74) is 0. The van der Waals surface area contributed by atoms with E-state index in [1.54, 1.807) is 0 Å². The number of nitrogens with one attached hydrogen (secondary N) is 1. The Balaban J connectivity index is 2.55. The van der Waals surface area contributed by atoms with Gasteiger partial charge in [0.25, 0.3) is 11.9 Å². The Hall–Kier alpha value is -0.380. The predicted octanol–water partition coefficient (Wildman–Crippen LogP) is 0.794. The first-order valence-corrected chi connectivity index (χ1v) is 2.76. The fourth-order valence-electron chi connectivity index (χ4n) is 0.407. The second kappa shape index (κ2) is 1.61. The number of nitroso groups, excluding NO2 is 1. The molecule has 1 saturated heterocycles. The number of hydrogen-bond acceptors (Lipinski definition) is 3. The molecule has 38 valence electrons. The van der Waals surface area contributed by atoms with Crippen LogP contribution in [0.1, 0.15) is 6.42 Å². The zero-order valence-electron chi connectivity index (χ0n) is 3.68. The van der Waals surface area contributed by atoms with E-state index in [-0.39, 0.29) is 0 Å². The maximum absolute atomic E-state index is 10.2. The Labute approximate surface area is 45.3 Å². The van der Waals surface area contributed by atoms with Crippen LogP contribution in [0.4, 0.5) is 0 Å². The van der Waals surface area contributed by atoms with Crippen molar-refractivity contribution in [1.29, 1.82) is 5.41 Å². The molecule has 4 heteroatoms. The van der Waals surface area contributed by atoms with Crippen LogP contribution in [0.15, 0.2) is 0 Å². The quantitative estimate of drug-likeness (QED) is 0.376. The Bertz CT molecular complexity index is 108. The molecule has 0 amide bonds.